The summed E-state index contributed by atoms with van der Waals surface area (Å²) in [6, 6.07) is 4.80. The second-order valence-corrected chi connectivity index (χ2v) is 5.15. The van der Waals surface area contributed by atoms with Crippen LogP contribution in [0.4, 0.5) is 5.69 Å². The minimum atomic E-state index is -0.497. The van der Waals surface area contributed by atoms with Crippen molar-refractivity contribution in [1.29, 1.82) is 0 Å². The summed E-state index contributed by atoms with van der Waals surface area (Å²) in [6.45, 7) is 2.84. The van der Waals surface area contributed by atoms with Crippen LogP contribution in [0.2, 0.25) is 0 Å². The number of rotatable bonds is 3. The number of nitrogens with zero attached hydrogens (tertiary/aromatic N) is 2. The number of nitro groups is 1. The zero-order chi connectivity index (χ0) is 14.7. The third-order valence-corrected chi connectivity index (χ3v) is 3.81. The highest BCUT2D eigenvalue weighted by atomic mass is 16.6. The Hall–Kier alpha value is -1.95. The van der Waals surface area contributed by atoms with Crippen molar-refractivity contribution in [2.24, 2.45) is 5.92 Å². The maximum Gasteiger partial charge on any atom is 0.285 e. The highest BCUT2D eigenvalue weighted by Gasteiger charge is 2.28. The van der Waals surface area contributed by atoms with Crippen LogP contribution < -0.4 is 0 Å². The van der Waals surface area contributed by atoms with Gasteiger partial charge in [0.05, 0.1) is 4.92 Å². The molecular formula is C14H18N2O4. The van der Waals surface area contributed by atoms with Gasteiger partial charge >= 0.3 is 0 Å². The van der Waals surface area contributed by atoms with E-state index >= 15 is 0 Å². The lowest BCUT2D eigenvalue weighted by molar-refractivity contribution is -0.385. The molecular weight excluding hydrogens is 260 g/mol. The number of benzene rings is 1. The highest BCUT2D eigenvalue weighted by Crippen LogP contribution is 2.26. The Balaban J connectivity index is 2.22. The monoisotopic (exact) mass is 278 g/mol. The van der Waals surface area contributed by atoms with E-state index in [1.807, 2.05) is 0 Å². The molecule has 0 atom stereocenters. The summed E-state index contributed by atoms with van der Waals surface area (Å²) in [6.07, 6.45) is 1.48. The minimum Gasteiger partial charge on any atom is -0.396 e. The Bertz CT molecular complexity index is 522. The second-order valence-electron chi connectivity index (χ2n) is 5.15. The van der Waals surface area contributed by atoms with Gasteiger partial charge in [0.1, 0.15) is 5.56 Å². The Morgan fingerprint density at radius 2 is 2.10 bits per heavy atom. The maximum absolute atomic E-state index is 12.4. The predicted molar refractivity (Wildman–Crippen MR) is 73.5 cm³/mol. The summed E-state index contributed by atoms with van der Waals surface area (Å²) >= 11 is 0. The Morgan fingerprint density at radius 1 is 1.45 bits per heavy atom. The van der Waals surface area contributed by atoms with Crippen molar-refractivity contribution in [3.05, 3.63) is 39.4 Å². The van der Waals surface area contributed by atoms with Crippen LogP contribution in [0.1, 0.15) is 28.8 Å². The molecule has 1 aromatic carbocycles. The molecule has 1 N–H and O–H groups in total. The molecule has 1 fully saturated rings. The number of carbonyl (C=O) groups is 1. The van der Waals surface area contributed by atoms with E-state index in [-0.39, 0.29) is 29.7 Å². The van der Waals surface area contributed by atoms with Crippen molar-refractivity contribution < 1.29 is 14.8 Å². The smallest absolute Gasteiger partial charge is 0.285 e. The zero-order valence-electron chi connectivity index (χ0n) is 11.4. The molecule has 2 rings (SSSR count). The number of piperidine rings is 1. The van der Waals surface area contributed by atoms with Crippen molar-refractivity contribution in [2.75, 3.05) is 19.7 Å². The molecule has 1 aromatic rings. The van der Waals surface area contributed by atoms with Gasteiger partial charge in [-0.25, -0.2) is 0 Å². The van der Waals surface area contributed by atoms with Crippen LogP contribution >= 0.6 is 0 Å². The molecule has 1 amide bonds. The molecule has 0 aliphatic carbocycles. The van der Waals surface area contributed by atoms with Crippen LogP contribution in [0.15, 0.2) is 18.2 Å². The number of hydrogen-bond acceptors (Lipinski definition) is 4. The molecule has 1 heterocycles. The van der Waals surface area contributed by atoms with Gasteiger partial charge in [0, 0.05) is 25.3 Å². The van der Waals surface area contributed by atoms with Gasteiger partial charge in [0.2, 0.25) is 0 Å². The standard InChI is InChI=1S/C14H18N2O4/c1-10-3-2-4-12(13(10)16(19)20)14(18)15-7-5-11(9-17)6-8-15/h2-4,11,17H,5-9H2,1H3. The summed E-state index contributed by atoms with van der Waals surface area (Å²) in [5.74, 6) is -0.0664. The predicted octanol–water partition coefficient (Wildman–Crippen LogP) is 1.75. The van der Waals surface area contributed by atoms with Gasteiger partial charge in [-0.15, -0.1) is 0 Å². The van der Waals surface area contributed by atoms with Crippen molar-refractivity contribution in [3.8, 4) is 0 Å². The molecule has 6 nitrogen and oxygen atoms in total. The summed E-state index contributed by atoms with van der Waals surface area (Å²) < 4.78 is 0. The maximum atomic E-state index is 12.4. The second kappa shape index (κ2) is 6.00. The lowest BCUT2D eigenvalue weighted by Gasteiger charge is -2.31. The van der Waals surface area contributed by atoms with E-state index in [1.54, 1.807) is 24.0 Å². The number of aliphatic hydroxyl groups is 1. The molecule has 1 aliphatic rings. The van der Waals surface area contributed by atoms with E-state index in [4.69, 9.17) is 5.11 Å². The lowest BCUT2D eigenvalue weighted by atomic mass is 9.97. The number of para-hydroxylation sites is 1. The Morgan fingerprint density at radius 3 is 2.65 bits per heavy atom. The van der Waals surface area contributed by atoms with Gasteiger partial charge in [-0.2, -0.15) is 0 Å². The van der Waals surface area contributed by atoms with Crippen molar-refractivity contribution in [2.45, 2.75) is 19.8 Å². The third kappa shape index (κ3) is 2.80. The number of carbonyl (C=O) groups excluding carboxylic acids is 1. The number of amides is 1. The minimum absolute atomic E-state index is 0.109. The SMILES string of the molecule is Cc1cccc(C(=O)N2CCC(CO)CC2)c1[N+](=O)[O-]. The molecule has 0 radical (unpaired) electrons. The Labute approximate surface area is 117 Å². The van der Waals surface area contributed by atoms with Crippen LogP contribution in [-0.4, -0.2) is 40.5 Å². The average Bonchev–Trinajstić information content (AvgIpc) is 2.46. The quantitative estimate of drug-likeness (QED) is 0.674. The summed E-state index contributed by atoms with van der Waals surface area (Å²) in [4.78, 5) is 24.7. The van der Waals surface area contributed by atoms with Crippen LogP contribution in [0.25, 0.3) is 0 Å². The van der Waals surface area contributed by atoms with Gasteiger partial charge in [-0.1, -0.05) is 12.1 Å². The fourth-order valence-electron chi connectivity index (χ4n) is 2.56. The molecule has 6 heteroatoms. The largest absolute Gasteiger partial charge is 0.396 e. The average molecular weight is 278 g/mol. The van der Waals surface area contributed by atoms with Crippen LogP contribution in [0, 0.1) is 23.0 Å². The molecule has 0 saturated carbocycles. The molecule has 20 heavy (non-hydrogen) atoms. The molecule has 108 valence electrons. The van der Waals surface area contributed by atoms with E-state index < -0.39 is 4.92 Å². The fraction of sp³-hybridized carbons (Fsp3) is 0.500. The van der Waals surface area contributed by atoms with Gasteiger partial charge < -0.3 is 10.0 Å². The van der Waals surface area contributed by atoms with Gasteiger partial charge in [-0.3, -0.25) is 14.9 Å². The van der Waals surface area contributed by atoms with Gasteiger partial charge in [-0.05, 0) is 31.7 Å². The van der Waals surface area contributed by atoms with E-state index in [0.717, 1.165) is 12.8 Å². The Kier molecular flexibility index (Phi) is 4.34. The topological polar surface area (TPSA) is 83.7 Å². The molecule has 0 spiro atoms. The van der Waals surface area contributed by atoms with Crippen molar-refractivity contribution in [1.82, 2.24) is 4.90 Å². The first-order chi connectivity index (χ1) is 9.54. The number of aryl methyl sites for hydroxylation is 1. The first-order valence-corrected chi connectivity index (χ1v) is 6.68. The molecule has 1 saturated heterocycles. The summed E-state index contributed by atoms with van der Waals surface area (Å²) in [5.41, 5.74) is 0.533. The summed E-state index contributed by atoms with van der Waals surface area (Å²) in [7, 11) is 0. The number of aliphatic hydroxyl groups excluding tert-OH is 1. The van der Waals surface area contributed by atoms with E-state index in [9.17, 15) is 14.9 Å². The number of hydrogen-bond donors (Lipinski definition) is 1. The van der Waals surface area contributed by atoms with E-state index in [2.05, 4.69) is 0 Å². The fourth-order valence-corrected chi connectivity index (χ4v) is 2.56. The van der Waals surface area contributed by atoms with Gasteiger partial charge in [0.25, 0.3) is 11.6 Å². The highest BCUT2D eigenvalue weighted by molar-refractivity contribution is 5.98. The van der Waals surface area contributed by atoms with Crippen LogP contribution in [0.5, 0.6) is 0 Å². The lowest BCUT2D eigenvalue weighted by Crippen LogP contribution is -2.39. The van der Waals surface area contributed by atoms with Crippen molar-refractivity contribution >= 4 is 11.6 Å². The van der Waals surface area contributed by atoms with Crippen molar-refractivity contribution in [3.63, 3.8) is 0 Å². The number of likely N-dealkylation sites (tertiary alicyclic amines) is 1. The normalized spacial score (nSPS) is 16.2. The molecule has 0 aromatic heterocycles. The van der Waals surface area contributed by atoms with E-state index in [0.29, 0.717) is 18.7 Å². The molecule has 0 unspecified atom stereocenters. The molecule has 1 aliphatic heterocycles. The number of nitro benzene ring substituents is 1. The first kappa shape index (κ1) is 14.5. The third-order valence-electron chi connectivity index (χ3n) is 3.81. The van der Waals surface area contributed by atoms with Crippen LogP contribution in [0.3, 0.4) is 0 Å². The van der Waals surface area contributed by atoms with Crippen LogP contribution in [-0.2, 0) is 0 Å². The molecule has 0 bridgehead atoms. The summed E-state index contributed by atoms with van der Waals surface area (Å²) in [5, 5.41) is 20.2. The van der Waals surface area contributed by atoms with Gasteiger partial charge in [0.15, 0.2) is 0 Å². The van der Waals surface area contributed by atoms with E-state index in [1.165, 1.54) is 6.07 Å². The first-order valence-electron chi connectivity index (χ1n) is 6.68. The zero-order valence-corrected chi connectivity index (χ0v) is 11.4.